The fraction of sp³-hybridized carbons (Fsp3) is 0. The van der Waals surface area contributed by atoms with Crippen molar-refractivity contribution in [3.05, 3.63) is 212 Å². The number of hydrogen-bond donors (Lipinski definition) is 0. The van der Waals surface area contributed by atoms with Crippen molar-refractivity contribution in [1.29, 1.82) is 0 Å². The van der Waals surface area contributed by atoms with Gasteiger partial charge >= 0.3 is 0 Å². The normalized spacial score (nSPS) is 11.3. The third-order valence-corrected chi connectivity index (χ3v) is 10.5. The zero-order valence-corrected chi connectivity index (χ0v) is 29.6. The Labute approximate surface area is 314 Å². The zero-order valence-electron chi connectivity index (χ0n) is 29.6. The molecule has 0 aliphatic carbocycles. The molecule has 2 heteroatoms. The number of nitrogens with zero attached hydrogens (tertiary/aromatic N) is 1. The molecule has 0 atom stereocenters. The van der Waals surface area contributed by atoms with Gasteiger partial charge in [-0.2, -0.15) is 0 Å². The predicted molar refractivity (Wildman–Crippen MR) is 228 cm³/mol. The number of furan rings is 1. The summed E-state index contributed by atoms with van der Waals surface area (Å²) in [6.45, 7) is 0. The molecule has 0 fully saturated rings. The first-order valence-electron chi connectivity index (χ1n) is 18.4. The molecular formula is C52H35NO. The topological polar surface area (TPSA) is 16.4 Å². The van der Waals surface area contributed by atoms with Gasteiger partial charge in [0.25, 0.3) is 0 Å². The molecule has 1 aromatic heterocycles. The van der Waals surface area contributed by atoms with Crippen molar-refractivity contribution in [2.75, 3.05) is 4.90 Å². The van der Waals surface area contributed by atoms with Gasteiger partial charge in [0.2, 0.25) is 0 Å². The molecule has 254 valence electrons. The summed E-state index contributed by atoms with van der Waals surface area (Å²) in [5.74, 6) is 0.864. The predicted octanol–water partition coefficient (Wildman–Crippen LogP) is 14.9. The van der Waals surface area contributed by atoms with E-state index < -0.39 is 0 Å². The van der Waals surface area contributed by atoms with Gasteiger partial charge < -0.3 is 9.32 Å². The van der Waals surface area contributed by atoms with Crippen LogP contribution in [0, 0.1) is 0 Å². The smallest absolute Gasteiger partial charge is 0.136 e. The van der Waals surface area contributed by atoms with Gasteiger partial charge in [0.1, 0.15) is 11.3 Å². The first-order chi connectivity index (χ1) is 26.8. The van der Waals surface area contributed by atoms with Crippen LogP contribution in [0.15, 0.2) is 217 Å². The summed E-state index contributed by atoms with van der Waals surface area (Å²) < 4.78 is 6.44. The number of anilines is 3. The Morgan fingerprint density at radius 2 is 0.870 bits per heavy atom. The van der Waals surface area contributed by atoms with E-state index >= 15 is 0 Å². The highest BCUT2D eigenvalue weighted by molar-refractivity contribution is 6.00. The molecule has 0 saturated heterocycles. The van der Waals surface area contributed by atoms with Crippen LogP contribution in [-0.2, 0) is 0 Å². The maximum absolute atomic E-state index is 6.44. The van der Waals surface area contributed by atoms with E-state index in [0.29, 0.717) is 0 Å². The summed E-state index contributed by atoms with van der Waals surface area (Å²) >= 11 is 0. The van der Waals surface area contributed by atoms with Crippen molar-refractivity contribution < 1.29 is 4.42 Å². The van der Waals surface area contributed by atoms with Gasteiger partial charge in [0.15, 0.2) is 0 Å². The van der Waals surface area contributed by atoms with E-state index in [1.807, 2.05) is 12.1 Å². The molecule has 10 aromatic rings. The molecule has 0 aliphatic heterocycles. The first kappa shape index (κ1) is 31.6. The minimum Gasteiger partial charge on any atom is -0.456 e. The van der Waals surface area contributed by atoms with Gasteiger partial charge in [-0.1, -0.05) is 164 Å². The molecule has 0 unspecified atom stereocenters. The molecule has 0 amide bonds. The van der Waals surface area contributed by atoms with Crippen LogP contribution in [0.2, 0.25) is 0 Å². The lowest BCUT2D eigenvalue weighted by Gasteiger charge is -2.27. The Hall–Kier alpha value is -7.16. The fourth-order valence-corrected chi connectivity index (χ4v) is 7.81. The van der Waals surface area contributed by atoms with Gasteiger partial charge in [0.05, 0.1) is 5.69 Å². The third-order valence-electron chi connectivity index (χ3n) is 10.5. The molecule has 54 heavy (non-hydrogen) atoms. The molecule has 1 heterocycles. The lowest BCUT2D eigenvalue weighted by Crippen LogP contribution is -2.10. The summed E-state index contributed by atoms with van der Waals surface area (Å²) in [4.78, 5) is 2.37. The lowest BCUT2D eigenvalue weighted by molar-refractivity contribution is 0.632. The summed E-state index contributed by atoms with van der Waals surface area (Å²) in [6, 6.07) is 75.8. The number of fused-ring (bicyclic) bond motifs is 3. The number of hydrogen-bond acceptors (Lipinski definition) is 2. The van der Waals surface area contributed by atoms with E-state index in [1.54, 1.807) is 0 Å². The maximum atomic E-state index is 6.44. The number of para-hydroxylation sites is 1. The summed E-state index contributed by atoms with van der Waals surface area (Å²) in [7, 11) is 0. The van der Waals surface area contributed by atoms with Crippen LogP contribution in [0.5, 0.6) is 0 Å². The standard InChI is InChI=1S/C52H35NO/c1-2-12-37(13-3-1)47-33-28-41(34-49(47)52-35-42-16-6-9-23-51(42)54-52)36-24-29-43(30-25-36)53(50-22-11-18-39-15-5-8-20-48(39)50)44-31-26-40(27-32-44)46-21-10-17-38-14-4-7-19-45(38)46/h1-35H. The molecule has 0 radical (unpaired) electrons. The van der Waals surface area contributed by atoms with E-state index in [-0.39, 0.29) is 0 Å². The van der Waals surface area contributed by atoms with Crippen molar-refractivity contribution >= 4 is 49.6 Å². The van der Waals surface area contributed by atoms with Crippen LogP contribution in [0.3, 0.4) is 0 Å². The highest BCUT2D eigenvalue weighted by Crippen LogP contribution is 2.42. The van der Waals surface area contributed by atoms with Crippen molar-refractivity contribution in [2.45, 2.75) is 0 Å². The molecule has 0 aliphatic rings. The van der Waals surface area contributed by atoms with Crippen molar-refractivity contribution in [2.24, 2.45) is 0 Å². The highest BCUT2D eigenvalue weighted by Gasteiger charge is 2.18. The largest absolute Gasteiger partial charge is 0.456 e. The van der Waals surface area contributed by atoms with Gasteiger partial charge in [-0.05, 0) is 98.1 Å². The molecule has 0 saturated carbocycles. The monoisotopic (exact) mass is 689 g/mol. The molecule has 9 aromatic carbocycles. The second-order valence-electron chi connectivity index (χ2n) is 13.7. The van der Waals surface area contributed by atoms with Crippen molar-refractivity contribution in [3.63, 3.8) is 0 Å². The SMILES string of the molecule is c1ccc(-c2ccc(-c3ccc(N(c4ccc(-c5cccc6ccccc56)cc4)c4cccc5ccccc45)cc3)cc2-c2cc3ccccc3o2)cc1. The Kier molecular flexibility index (Phi) is 7.85. The Bertz CT molecular complexity index is 2880. The molecule has 10 rings (SSSR count). The minimum absolute atomic E-state index is 0.864. The van der Waals surface area contributed by atoms with Gasteiger partial charge in [-0.25, -0.2) is 0 Å². The summed E-state index contributed by atoms with van der Waals surface area (Å²) in [5.41, 5.74) is 12.3. The van der Waals surface area contributed by atoms with Crippen LogP contribution in [-0.4, -0.2) is 0 Å². The highest BCUT2D eigenvalue weighted by atomic mass is 16.3. The first-order valence-corrected chi connectivity index (χ1v) is 18.4. The summed E-state index contributed by atoms with van der Waals surface area (Å²) in [6.07, 6.45) is 0. The van der Waals surface area contributed by atoms with Crippen LogP contribution in [0.4, 0.5) is 17.1 Å². The van der Waals surface area contributed by atoms with Crippen molar-refractivity contribution in [1.82, 2.24) is 0 Å². The average molecular weight is 690 g/mol. The zero-order chi connectivity index (χ0) is 35.8. The molecule has 0 spiro atoms. The maximum Gasteiger partial charge on any atom is 0.136 e. The number of rotatable bonds is 7. The second-order valence-corrected chi connectivity index (χ2v) is 13.7. The lowest BCUT2D eigenvalue weighted by atomic mass is 9.93. The molecule has 0 bridgehead atoms. The van der Waals surface area contributed by atoms with E-state index in [9.17, 15) is 0 Å². The van der Waals surface area contributed by atoms with Crippen molar-refractivity contribution in [3.8, 4) is 44.7 Å². The second kappa shape index (κ2) is 13.4. The Morgan fingerprint density at radius 1 is 0.315 bits per heavy atom. The van der Waals surface area contributed by atoms with Gasteiger partial charge in [-0.15, -0.1) is 0 Å². The number of benzene rings is 9. The van der Waals surface area contributed by atoms with E-state index in [2.05, 4.69) is 205 Å². The van der Waals surface area contributed by atoms with Crippen LogP contribution >= 0.6 is 0 Å². The Morgan fingerprint density at radius 3 is 1.61 bits per heavy atom. The van der Waals surface area contributed by atoms with E-state index in [4.69, 9.17) is 4.42 Å². The third kappa shape index (κ3) is 5.71. The van der Waals surface area contributed by atoms with Crippen LogP contribution < -0.4 is 4.90 Å². The van der Waals surface area contributed by atoms with Gasteiger partial charge in [-0.3, -0.25) is 0 Å². The van der Waals surface area contributed by atoms with Gasteiger partial charge in [0, 0.05) is 27.7 Å². The van der Waals surface area contributed by atoms with E-state index in [1.165, 1.54) is 32.7 Å². The molecule has 0 N–H and O–H groups in total. The van der Waals surface area contributed by atoms with E-state index in [0.717, 1.165) is 61.6 Å². The van der Waals surface area contributed by atoms with Crippen LogP contribution in [0.1, 0.15) is 0 Å². The fourth-order valence-electron chi connectivity index (χ4n) is 7.81. The molecular weight excluding hydrogens is 655 g/mol. The van der Waals surface area contributed by atoms with Crippen LogP contribution in [0.25, 0.3) is 77.2 Å². The summed E-state index contributed by atoms with van der Waals surface area (Å²) in [5, 5.41) is 6.01. The average Bonchev–Trinajstić information content (AvgIpc) is 3.69. The minimum atomic E-state index is 0.864. The Balaban J connectivity index is 1.07. The quantitative estimate of drug-likeness (QED) is 0.166. The molecule has 2 nitrogen and oxygen atoms in total.